The van der Waals surface area contributed by atoms with Crippen molar-refractivity contribution in [1.82, 2.24) is 13.6 Å². The SMILES string of the molecule is C=C(C)c1ccc2c(CCNS(=O)N(C)C)cn(CC(C)C)c2c1. The van der Waals surface area contributed by atoms with Gasteiger partial charge >= 0.3 is 0 Å². The predicted octanol–water partition coefficient (Wildman–Crippen LogP) is 3.60. The monoisotopic (exact) mass is 347 g/mol. The van der Waals surface area contributed by atoms with E-state index in [1.165, 1.54) is 22.0 Å². The van der Waals surface area contributed by atoms with E-state index in [1.54, 1.807) is 18.4 Å². The third-order valence-electron chi connectivity index (χ3n) is 3.97. The summed E-state index contributed by atoms with van der Waals surface area (Å²) in [6.45, 7) is 12.2. The van der Waals surface area contributed by atoms with Gasteiger partial charge in [-0.1, -0.05) is 38.1 Å². The molecule has 1 aromatic heterocycles. The molecule has 24 heavy (non-hydrogen) atoms. The zero-order chi connectivity index (χ0) is 17.9. The van der Waals surface area contributed by atoms with Crippen LogP contribution < -0.4 is 4.72 Å². The lowest BCUT2D eigenvalue weighted by Gasteiger charge is -2.09. The number of nitrogens with zero attached hydrogens (tertiary/aromatic N) is 2. The van der Waals surface area contributed by atoms with Gasteiger partial charge < -0.3 is 4.57 Å². The Balaban J connectivity index is 2.29. The second-order valence-corrected chi connectivity index (χ2v) is 8.44. The first-order valence-corrected chi connectivity index (χ1v) is 9.50. The zero-order valence-corrected chi connectivity index (χ0v) is 16.2. The Labute approximate surface area is 148 Å². The van der Waals surface area contributed by atoms with Crippen LogP contribution in [0, 0.1) is 5.92 Å². The average Bonchev–Trinajstić information content (AvgIpc) is 2.83. The van der Waals surface area contributed by atoms with E-state index in [-0.39, 0.29) is 0 Å². The molecule has 0 aliphatic rings. The van der Waals surface area contributed by atoms with E-state index in [9.17, 15) is 4.21 Å². The van der Waals surface area contributed by atoms with Crippen LogP contribution in [-0.4, -0.2) is 33.7 Å². The van der Waals surface area contributed by atoms with Gasteiger partial charge in [-0.25, -0.2) is 13.2 Å². The van der Waals surface area contributed by atoms with Crippen LogP contribution in [0.25, 0.3) is 16.5 Å². The molecule has 0 amide bonds. The molecule has 2 rings (SSSR count). The standard InChI is InChI=1S/C19H29N3OS/c1-14(2)12-22-13-17(9-10-20-24(23)21(5)6)18-8-7-16(15(3)4)11-19(18)22/h7-8,11,13-14,20H,3,9-10,12H2,1-2,4-6H3. The van der Waals surface area contributed by atoms with Gasteiger partial charge in [0.2, 0.25) is 0 Å². The van der Waals surface area contributed by atoms with Gasteiger partial charge in [-0.3, -0.25) is 0 Å². The highest BCUT2D eigenvalue weighted by Gasteiger charge is 2.11. The van der Waals surface area contributed by atoms with E-state index in [0.717, 1.165) is 18.5 Å². The smallest absolute Gasteiger partial charge is 0.169 e. The van der Waals surface area contributed by atoms with Crippen LogP contribution in [0.4, 0.5) is 0 Å². The molecule has 1 atom stereocenters. The summed E-state index contributed by atoms with van der Waals surface area (Å²) in [5.74, 6) is 0.585. The van der Waals surface area contributed by atoms with E-state index in [2.05, 4.69) is 54.1 Å². The van der Waals surface area contributed by atoms with Crippen LogP contribution in [0.15, 0.2) is 31.0 Å². The molecule has 0 fully saturated rings. The molecule has 0 spiro atoms. The second kappa shape index (κ2) is 8.10. The van der Waals surface area contributed by atoms with Crippen molar-refractivity contribution < 1.29 is 4.21 Å². The second-order valence-electron chi connectivity index (χ2n) is 6.92. The number of hydrogen-bond acceptors (Lipinski definition) is 1. The number of allylic oxidation sites excluding steroid dienone is 1. The molecule has 2 aromatic rings. The quantitative estimate of drug-likeness (QED) is 0.778. The van der Waals surface area contributed by atoms with Crippen LogP contribution in [0.1, 0.15) is 31.9 Å². The van der Waals surface area contributed by atoms with Crippen molar-refractivity contribution in [1.29, 1.82) is 0 Å². The summed E-state index contributed by atoms with van der Waals surface area (Å²) in [4.78, 5) is 0. The summed E-state index contributed by atoms with van der Waals surface area (Å²) in [5, 5.41) is 1.28. The first-order valence-electron chi connectivity index (χ1n) is 8.40. The van der Waals surface area contributed by atoms with Crippen LogP contribution in [0.2, 0.25) is 0 Å². The van der Waals surface area contributed by atoms with Crippen molar-refractivity contribution >= 4 is 27.6 Å². The minimum atomic E-state index is -1.13. The van der Waals surface area contributed by atoms with Crippen LogP contribution in [0.3, 0.4) is 0 Å². The number of benzene rings is 1. The molecular formula is C19H29N3OS. The first kappa shape index (κ1) is 18.9. The largest absolute Gasteiger partial charge is 0.347 e. The topological polar surface area (TPSA) is 37.3 Å². The van der Waals surface area contributed by atoms with Gasteiger partial charge in [0.1, 0.15) is 0 Å². The summed E-state index contributed by atoms with van der Waals surface area (Å²) in [5.41, 5.74) is 4.82. The van der Waals surface area contributed by atoms with Gasteiger partial charge in [-0.2, -0.15) is 0 Å². The van der Waals surface area contributed by atoms with Crippen LogP contribution in [0.5, 0.6) is 0 Å². The maximum atomic E-state index is 11.8. The highest BCUT2D eigenvalue weighted by Crippen LogP contribution is 2.26. The minimum Gasteiger partial charge on any atom is -0.347 e. The molecule has 0 bridgehead atoms. The molecule has 1 heterocycles. The number of rotatable bonds is 8. The van der Waals surface area contributed by atoms with Crippen LogP contribution in [-0.2, 0) is 24.1 Å². The first-order chi connectivity index (χ1) is 11.3. The molecule has 0 saturated heterocycles. The Morgan fingerprint density at radius 2 is 2.08 bits per heavy atom. The lowest BCUT2D eigenvalue weighted by molar-refractivity contribution is 0.534. The maximum absolute atomic E-state index is 11.8. The summed E-state index contributed by atoms with van der Waals surface area (Å²) < 4.78 is 18.8. The minimum absolute atomic E-state index is 0.585. The summed E-state index contributed by atoms with van der Waals surface area (Å²) in [7, 11) is 3.60. The number of fused-ring (bicyclic) bond motifs is 1. The summed E-state index contributed by atoms with van der Waals surface area (Å²) in [6.07, 6.45) is 3.10. The van der Waals surface area contributed by atoms with Crippen LogP contribution >= 0.6 is 0 Å². The Morgan fingerprint density at radius 3 is 2.67 bits per heavy atom. The molecule has 1 N–H and O–H groups in total. The van der Waals surface area contributed by atoms with Gasteiger partial charge in [0.05, 0.1) is 0 Å². The highest BCUT2D eigenvalue weighted by atomic mass is 32.2. The molecule has 4 nitrogen and oxygen atoms in total. The number of hydrogen-bond donors (Lipinski definition) is 1. The van der Waals surface area contributed by atoms with Gasteiger partial charge in [-0.15, -0.1) is 0 Å². The molecule has 0 saturated carbocycles. The Kier molecular flexibility index (Phi) is 6.38. The third-order valence-corrected chi connectivity index (χ3v) is 5.09. The van der Waals surface area contributed by atoms with Gasteiger partial charge in [0.25, 0.3) is 0 Å². The van der Waals surface area contributed by atoms with E-state index < -0.39 is 11.2 Å². The fraction of sp³-hybridized carbons (Fsp3) is 0.474. The molecule has 0 aliphatic heterocycles. The fourth-order valence-corrected chi connectivity index (χ4v) is 3.31. The van der Waals surface area contributed by atoms with Crippen molar-refractivity contribution in [3.63, 3.8) is 0 Å². The Hall–Kier alpha value is -1.43. The molecule has 0 radical (unpaired) electrons. The van der Waals surface area contributed by atoms with Crippen molar-refractivity contribution in [2.75, 3.05) is 20.6 Å². The number of aromatic nitrogens is 1. The lowest BCUT2D eigenvalue weighted by Crippen LogP contribution is -2.30. The van der Waals surface area contributed by atoms with E-state index >= 15 is 0 Å². The van der Waals surface area contributed by atoms with E-state index in [4.69, 9.17) is 0 Å². The Morgan fingerprint density at radius 1 is 1.38 bits per heavy atom. The van der Waals surface area contributed by atoms with E-state index in [0.29, 0.717) is 12.5 Å². The van der Waals surface area contributed by atoms with Gasteiger partial charge in [-0.05, 0) is 36.5 Å². The maximum Gasteiger partial charge on any atom is 0.169 e. The number of nitrogens with one attached hydrogen (secondary N) is 1. The predicted molar refractivity (Wildman–Crippen MR) is 105 cm³/mol. The highest BCUT2D eigenvalue weighted by molar-refractivity contribution is 7.80. The van der Waals surface area contributed by atoms with Gasteiger partial charge in [0, 0.05) is 44.3 Å². The molecule has 1 unspecified atom stereocenters. The zero-order valence-electron chi connectivity index (χ0n) is 15.4. The van der Waals surface area contributed by atoms with Crippen molar-refractivity contribution in [3.05, 3.63) is 42.1 Å². The lowest BCUT2D eigenvalue weighted by atomic mass is 10.0. The third kappa shape index (κ3) is 4.56. The Bertz CT molecular complexity index is 746. The molecule has 1 aromatic carbocycles. The van der Waals surface area contributed by atoms with Crippen molar-refractivity contribution in [2.24, 2.45) is 5.92 Å². The van der Waals surface area contributed by atoms with Crippen molar-refractivity contribution in [2.45, 2.75) is 33.7 Å². The molecule has 132 valence electrons. The summed E-state index contributed by atoms with van der Waals surface area (Å²) in [6, 6.07) is 6.56. The van der Waals surface area contributed by atoms with Crippen molar-refractivity contribution in [3.8, 4) is 0 Å². The van der Waals surface area contributed by atoms with E-state index in [1.807, 2.05) is 6.92 Å². The molecule has 5 heteroatoms. The fourth-order valence-electron chi connectivity index (χ4n) is 2.78. The molecular weight excluding hydrogens is 318 g/mol. The average molecular weight is 348 g/mol. The van der Waals surface area contributed by atoms with Gasteiger partial charge in [0.15, 0.2) is 11.2 Å². The molecule has 0 aliphatic carbocycles. The summed E-state index contributed by atoms with van der Waals surface area (Å²) >= 11 is -1.13. The normalized spacial score (nSPS) is 13.1.